The van der Waals surface area contributed by atoms with E-state index in [4.69, 9.17) is 4.74 Å². The molecule has 0 aliphatic carbocycles. The van der Waals surface area contributed by atoms with Gasteiger partial charge in [0.1, 0.15) is 5.75 Å². The summed E-state index contributed by atoms with van der Waals surface area (Å²) in [5.74, 6) is 1.74. The van der Waals surface area contributed by atoms with Crippen molar-refractivity contribution in [3.8, 4) is 5.75 Å². The number of nitrogens with zero attached hydrogens (tertiary/aromatic N) is 1. The van der Waals surface area contributed by atoms with Crippen molar-refractivity contribution in [1.29, 1.82) is 0 Å². The summed E-state index contributed by atoms with van der Waals surface area (Å²) in [6.07, 6.45) is 1.83. The maximum Gasteiger partial charge on any atom is 0.119 e. The second-order valence-corrected chi connectivity index (χ2v) is 6.04. The summed E-state index contributed by atoms with van der Waals surface area (Å²) in [6.45, 7) is 0. The lowest BCUT2D eigenvalue weighted by molar-refractivity contribution is 0.415. The van der Waals surface area contributed by atoms with Gasteiger partial charge < -0.3 is 10.1 Å². The summed E-state index contributed by atoms with van der Waals surface area (Å²) < 4.78 is 5.16. The maximum atomic E-state index is 5.16. The average Bonchev–Trinajstić information content (AvgIpc) is 2.63. The zero-order valence-electron chi connectivity index (χ0n) is 12.9. The van der Waals surface area contributed by atoms with Crippen LogP contribution in [0.1, 0.15) is 5.69 Å². The zero-order valence-corrected chi connectivity index (χ0v) is 13.7. The normalized spacial score (nSPS) is 10.3. The summed E-state index contributed by atoms with van der Waals surface area (Å²) in [4.78, 5) is 5.57. The van der Waals surface area contributed by atoms with Crippen LogP contribution in [0.5, 0.6) is 5.75 Å². The van der Waals surface area contributed by atoms with E-state index in [-0.39, 0.29) is 0 Å². The standard InChI is InChI=1S/C19H18N2OS/c1-22-18-9-5-15(6-10-18)21-16-7-11-19(12-8-16)23-14-17-4-2-3-13-20-17/h2-13,21H,14H2,1H3. The highest BCUT2D eigenvalue weighted by Crippen LogP contribution is 2.25. The Bertz CT molecular complexity index is 728. The number of nitrogens with one attached hydrogen (secondary N) is 1. The SMILES string of the molecule is COc1ccc(Nc2ccc(SCc3ccccn3)cc2)cc1. The highest BCUT2D eigenvalue weighted by Gasteiger charge is 1.99. The van der Waals surface area contributed by atoms with Crippen LogP contribution in [0.4, 0.5) is 11.4 Å². The topological polar surface area (TPSA) is 34.1 Å². The first-order chi connectivity index (χ1) is 11.3. The van der Waals surface area contributed by atoms with Crippen LogP contribution in [0.3, 0.4) is 0 Å². The first-order valence-electron chi connectivity index (χ1n) is 7.37. The highest BCUT2D eigenvalue weighted by atomic mass is 32.2. The van der Waals surface area contributed by atoms with E-state index >= 15 is 0 Å². The molecule has 1 heterocycles. The molecular formula is C19H18N2OS. The van der Waals surface area contributed by atoms with Crippen LogP contribution in [0.15, 0.2) is 77.8 Å². The van der Waals surface area contributed by atoms with E-state index in [1.807, 2.05) is 48.7 Å². The number of methoxy groups -OCH3 is 1. The van der Waals surface area contributed by atoms with Crippen molar-refractivity contribution in [3.05, 3.63) is 78.6 Å². The van der Waals surface area contributed by atoms with Crippen LogP contribution >= 0.6 is 11.8 Å². The Hall–Kier alpha value is -2.46. The molecule has 0 aliphatic rings. The molecule has 116 valence electrons. The lowest BCUT2D eigenvalue weighted by Crippen LogP contribution is -1.90. The number of aromatic nitrogens is 1. The largest absolute Gasteiger partial charge is 0.497 e. The fourth-order valence-corrected chi connectivity index (χ4v) is 2.93. The molecule has 0 saturated heterocycles. The zero-order chi connectivity index (χ0) is 15.9. The molecule has 0 atom stereocenters. The van der Waals surface area contributed by atoms with Gasteiger partial charge in [-0.05, 0) is 60.7 Å². The Balaban J connectivity index is 1.58. The van der Waals surface area contributed by atoms with Gasteiger partial charge in [0.2, 0.25) is 0 Å². The van der Waals surface area contributed by atoms with E-state index in [0.29, 0.717) is 0 Å². The number of anilines is 2. The van der Waals surface area contributed by atoms with E-state index in [9.17, 15) is 0 Å². The monoisotopic (exact) mass is 322 g/mol. The van der Waals surface area contributed by atoms with Gasteiger partial charge in [0.05, 0.1) is 12.8 Å². The van der Waals surface area contributed by atoms with Crippen LogP contribution in [-0.4, -0.2) is 12.1 Å². The van der Waals surface area contributed by atoms with Gasteiger partial charge in [0.25, 0.3) is 0 Å². The number of hydrogen-bond acceptors (Lipinski definition) is 4. The van der Waals surface area contributed by atoms with Gasteiger partial charge in [-0.3, -0.25) is 4.98 Å². The molecule has 0 amide bonds. The molecule has 0 spiro atoms. The minimum atomic E-state index is 0.858. The molecule has 3 nitrogen and oxygen atoms in total. The smallest absolute Gasteiger partial charge is 0.119 e. The minimum absolute atomic E-state index is 0.858. The lowest BCUT2D eigenvalue weighted by atomic mass is 10.2. The molecule has 1 aromatic heterocycles. The van der Waals surface area contributed by atoms with E-state index in [1.54, 1.807) is 18.9 Å². The molecule has 4 heteroatoms. The average molecular weight is 322 g/mol. The fraction of sp³-hybridized carbons (Fsp3) is 0.105. The van der Waals surface area contributed by atoms with E-state index in [0.717, 1.165) is 28.6 Å². The molecule has 1 N–H and O–H groups in total. The number of rotatable bonds is 6. The van der Waals surface area contributed by atoms with Gasteiger partial charge in [-0.15, -0.1) is 11.8 Å². The molecule has 3 rings (SSSR count). The molecular weight excluding hydrogens is 304 g/mol. The van der Waals surface area contributed by atoms with E-state index in [1.165, 1.54) is 4.90 Å². The van der Waals surface area contributed by atoms with Crippen LogP contribution in [0.2, 0.25) is 0 Å². The lowest BCUT2D eigenvalue weighted by Gasteiger charge is -2.08. The number of ether oxygens (including phenoxy) is 1. The first kappa shape index (κ1) is 15.4. The molecule has 0 fully saturated rings. The van der Waals surface area contributed by atoms with E-state index < -0.39 is 0 Å². The van der Waals surface area contributed by atoms with Crippen molar-refractivity contribution in [2.45, 2.75) is 10.6 Å². The quantitative estimate of drug-likeness (QED) is 0.638. The Morgan fingerprint density at radius 3 is 2.22 bits per heavy atom. The summed E-state index contributed by atoms with van der Waals surface area (Å²) in [7, 11) is 1.67. The summed E-state index contributed by atoms with van der Waals surface area (Å²) in [5.41, 5.74) is 3.20. The summed E-state index contributed by atoms with van der Waals surface area (Å²) in [6, 6.07) is 22.3. The molecule has 0 bridgehead atoms. The van der Waals surface area contributed by atoms with Gasteiger partial charge in [-0.25, -0.2) is 0 Å². The molecule has 0 unspecified atom stereocenters. The Morgan fingerprint density at radius 1 is 0.913 bits per heavy atom. The van der Waals surface area contributed by atoms with Gasteiger partial charge in [-0.2, -0.15) is 0 Å². The Labute approximate surface area is 140 Å². The Morgan fingerprint density at radius 2 is 1.61 bits per heavy atom. The van der Waals surface area contributed by atoms with Crippen molar-refractivity contribution in [2.75, 3.05) is 12.4 Å². The number of thioether (sulfide) groups is 1. The third-order valence-corrected chi connectivity index (χ3v) is 4.39. The summed E-state index contributed by atoms with van der Waals surface area (Å²) in [5, 5.41) is 3.38. The third-order valence-electron chi connectivity index (χ3n) is 3.35. The van der Waals surface area contributed by atoms with Crippen molar-refractivity contribution >= 4 is 23.1 Å². The molecule has 3 aromatic rings. The molecule has 0 radical (unpaired) electrons. The minimum Gasteiger partial charge on any atom is -0.497 e. The van der Waals surface area contributed by atoms with E-state index in [2.05, 4.69) is 34.6 Å². The van der Waals surface area contributed by atoms with Crippen molar-refractivity contribution in [3.63, 3.8) is 0 Å². The molecule has 2 aromatic carbocycles. The van der Waals surface area contributed by atoms with Gasteiger partial charge in [0, 0.05) is 28.2 Å². The van der Waals surface area contributed by atoms with Gasteiger partial charge in [0.15, 0.2) is 0 Å². The van der Waals surface area contributed by atoms with Crippen molar-refractivity contribution < 1.29 is 4.74 Å². The molecule has 0 aliphatic heterocycles. The maximum absolute atomic E-state index is 5.16. The number of benzene rings is 2. The van der Waals surface area contributed by atoms with Gasteiger partial charge in [-0.1, -0.05) is 6.07 Å². The molecule has 23 heavy (non-hydrogen) atoms. The number of hydrogen-bond donors (Lipinski definition) is 1. The summed E-state index contributed by atoms with van der Waals surface area (Å²) >= 11 is 1.79. The van der Waals surface area contributed by atoms with Gasteiger partial charge >= 0.3 is 0 Å². The van der Waals surface area contributed by atoms with Crippen molar-refractivity contribution in [2.24, 2.45) is 0 Å². The van der Waals surface area contributed by atoms with Crippen LogP contribution in [0, 0.1) is 0 Å². The fourth-order valence-electron chi connectivity index (χ4n) is 2.12. The highest BCUT2D eigenvalue weighted by molar-refractivity contribution is 7.98. The Kier molecular flexibility index (Phi) is 5.17. The van der Waals surface area contributed by atoms with Crippen LogP contribution < -0.4 is 10.1 Å². The van der Waals surface area contributed by atoms with Crippen LogP contribution in [0.25, 0.3) is 0 Å². The second-order valence-electron chi connectivity index (χ2n) is 4.99. The predicted molar refractivity (Wildman–Crippen MR) is 96.5 cm³/mol. The first-order valence-corrected chi connectivity index (χ1v) is 8.36. The second kappa shape index (κ2) is 7.70. The predicted octanol–water partition coefficient (Wildman–Crippen LogP) is 5.13. The molecule has 0 saturated carbocycles. The van der Waals surface area contributed by atoms with Crippen molar-refractivity contribution in [1.82, 2.24) is 4.98 Å². The third kappa shape index (κ3) is 4.50. The van der Waals surface area contributed by atoms with Crippen LogP contribution in [-0.2, 0) is 5.75 Å². The number of pyridine rings is 1.